The Labute approximate surface area is 173 Å². The third-order valence-electron chi connectivity index (χ3n) is 3.91. The molecule has 0 fully saturated rings. The van der Waals surface area contributed by atoms with E-state index in [1.807, 2.05) is 45.0 Å². The van der Waals surface area contributed by atoms with Gasteiger partial charge in [0, 0.05) is 22.6 Å². The number of carbonyl (C=O) groups is 1. The summed E-state index contributed by atoms with van der Waals surface area (Å²) in [5.41, 5.74) is 1.51. The molecule has 0 aliphatic heterocycles. The highest BCUT2D eigenvalue weighted by Gasteiger charge is 2.22. The van der Waals surface area contributed by atoms with Gasteiger partial charge in [0.15, 0.2) is 10.1 Å². The number of para-hydroxylation sites is 1. The van der Waals surface area contributed by atoms with Crippen molar-refractivity contribution in [2.24, 2.45) is 0 Å². The van der Waals surface area contributed by atoms with Crippen molar-refractivity contribution in [1.29, 1.82) is 0 Å². The number of anilines is 1. The van der Waals surface area contributed by atoms with Crippen LogP contribution in [0.15, 0.2) is 33.0 Å². The number of nitrogens with zero attached hydrogens (tertiary/aromatic N) is 4. The second kappa shape index (κ2) is 7.98. The second-order valence-corrected chi connectivity index (χ2v) is 9.75. The molecule has 0 bridgehead atoms. The molecule has 7 nitrogen and oxygen atoms in total. The number of rotatable bonds is 6. The molecule has 4 rings (SSSR count). The summed E-state index contributed by atoms with van der Waals surface area (Å²) in [5.74, 6) is 0.779. The minimum Gasteiger partial charge on any atom is -0.451 e. The summed E-state index contributed by atoms with van der Waals surface area (Å²) in [4.78, 5) is 12.9. The normalized spacial score (nSPS) is 11.4. The van der Waals surface area contributed by atoms with Gasteiger partial charge in [-0.2, -0.15) is 0 Å². The fraction of sp³-hybridized carbons (Fsp3) is 0.278. The molecule has 144 valence electrons. The molecule has 0 saturated carbocycles. The summed E-state index contributed by atoms with van der Waals surface area (Å²) in [5, 5.41) is 22.3. The largest absolute Gasteiger partial charge is 0.451 e. The highest BCUT2D eigenvalue weighted by atomic mass is 32.2. The van der Waals surface area contributed by atoms with Gasteiger partial charge in [0.1, 0.15) is 15.6 Å². The molecule has 3 aromatic heterocycles. The molecule has 0 radical (unpaired) electrons. The summed E-state index contributed by atoms with van der Waals surface area (Å²) in [6, 6.07) is 7.64. The standard InChI is InChI=1S/C18H17N5O2S3/c1-9(2)16-21-22-17(28-16)19-15(24)14-12(8-26-18-23-20-10(3)27-18)11-6-4-5-7-13(11)25-14/h4-7,9H,8H2,1-3H3,(H,19,22,24). The van der Waals surface area contributed by atoms with Crippen molar-refractivity contribution >= 4 is 56.4 Å². The van der Waals surface area contributed by atoms with E-state index in [4.69, 9.17) is 4.42 Å². The van der Waals surface area contributed by atoms with E-state index in [1.54, 1.807) is 0 Å². The van der Waals surface area contributed by atoms with Gasteiger partial charge >= 0.3 is 0 Å². The van der Waals surface area contributed by atoms with Gasteiger partial charge in [0.2, 0.25) is 5.13 Å². The zero-order chi connectivity index (χ0) is 19.7. The number of amides is 1. The van der Waals surface area contributed by atoms with Gasteiger partial charge in [0.25, 0.3) is 5.91 Å². The van der Waals surface area contributed by atoms with Gasteiger partial charge in [-0.25, -0.2) is 0 Å². The van der Waals surface area contributed by atoms with Gasteiger partial charge in [-0.15, -0.1) is 20.4 Å². The van der Waals surface area contributed by atoms with E-state index in [0.29, 0.717) is 16.5 Å². The molecule has 0 unspecified atom stereocenters. The van der Waals surface area contributed by atoms with Crippen LogP contribution >= 0.6 is 34.4 Å². The van der Waals surface area contributed by atoms with Gasteiger partial charge < -0.3 is 4.42 Å². The number of aryl methyl sites for hydroxylation is 1. The minimum absolute atomic E-state index is 0.261. The predicted octanol–water partition coefficient (Wildman–Crippen LogP) is 5.11. The third-order valence-corrected chi connectivity index (χ3v) is 7.04. The Kier molecular flexibility index (Phi) is 5.42. The van der Waals surface area contributed by atoms with Crippen LogP contribution in [0.3, 0.4) is 0 Å². The van der Waals surface area contributed by atoms with Gasteiger partial charge in [0.05, 0.1) is 0 Å². The van der Waals surface area contributed by atoms with E-state index in [9.17, 15) is 4.79 Å². The van der Waals surface area contributed by atoms with Gasteiger partial charge in [-0.3, -0.25) is 10.1 Å². The number of nitrogens with one attached hydrogen (secondary N) is 1. The number of aromatic nitrogens is 4. The Morgan fingerprint density at radius 2 is 2.00 bits per heavy atom. The monoisotopic (exact) mass is 431 g/mol. The first kappa shape index (κ1) is 19.0. The molecule has 0 spiro atoms. The zero-order valence-corrected chi connectivity index (χ0v) is 17.9. The molecule has 28 heavy (non-hydrogen) atoms. The van der Waals surface area contributed by atoms with Crippen molar-refractivity contribution in [2.45, 2.75) is 36.8 Å². The minimum atomic E-state index is -0.327. The molecule has 1 N–H and O–H groups in total. The lowest BCUT2D eigenvalue weighted by Gasteiger charge is -2.02. The molecule has 0 saturated heterocycles. The average Bonchev–Trinajstić information content (AvgIpc) is 3.38. The highest BCUT2D eigenvalue weighted by molar-refractivity contribution is 8.00. The van der Waals surface area contributed by atoms with E-state index in [-0.39, 0.29) is 17.6 Å². The van der Waals surface area contributed by atoms with Crippen molar-refractivity contribution in [2.75, 3.05) is 5.32 Å². The molecule has 1 amide bonds. The van der Waals surface area contributed by atoms with Crippen LogP contribution in [0.1, 0.15) is 45.9 Å². The molecule has 10 heteroatoms. The van der Waals surface area contributed by atoms with Crippen LogP contribution in [-0.2, 0) is 5.75 Å². The average molecular weight is 432 g/mol. The molecule has 0 aliphatic carbocycles. The molecule has 0 atom stereocenters. The number of furan rings is 1. The Bertz CT molecular complexity index is 1130. The van der Waals surface area contributed by atoms with Crippen LogP contribution in [0.4, 0.5) is 5.13 Å². The van der Waals surface area contributed by atoms with Crippen molar-refractivity contribution in [1.82, 2.24) is 20.4 Å². The number of benzene rings is 1. The van der Waals surface area contributed by atoms with Crippen LogP contribution in [0.25, 0.3) is 11.0 Å². The lowest BCUT2D eigenvalue weighted by Crippen LogP contribution is -2.12. The van der Waals surface area contributed by atoms with E-state index >= 15 is 0 Å². The molecular formula is C18H17N5O2S3. The van der Waals surface area contributed by atoms with E-state index < -0.39 is 0 Å². The van der Waals surface area contributed by atoms with Crippen LogP contribution in [0, 0.1) is 6.92 Å². The van der Waals surface area contributed by atoms with Gasteiger partial charge in [-0.1, -0.05) is 66.5 Å². The lowest BCUT2D eigenvalue weighted by atomic mass is 10.1. The van der Waals surface area contributed by atoms with Crippen LogP contribution in [-0.4, -0.2) is 26.3 Å². The first-order valence-corrected chi connectivity index (χ1v) is 11.2. The first-order chi connectivity index (χ1) is 13.5. The maximum Gasteiger partial charge on any atom is 0.293 e. The molecule has 4 aromatic rings. The van der Waals surface area contributed by atoms with E-state index in [1.165, 1.54) is 34.4 Å². The van der Waals surface area contributed by atoms with E-state index in [0.717, 1.165) is 25.3 Å². The van der Waals surface area contributed by atoms with Crippen LogP contribution < -0.4 is 5.32 Å². The van der Waals surface area contributed by atoms with E-state index in [2.05, 4.69) is 25.7 Å². The Morgan fingerprint density at radius 3 is 2.71 bits per heavy atom. The maximum atomic E-state index is 12.9. The Balaban J connectivity index is 1.62. The number of fused-ring (bicyclic) bond motifs is 1. The molecule has 0 aliphatic rings. The highest BCUT2D eigenvalue weighted by Crippen LogP contribution is 2.33. The van der Waals surface area contributed by atoms with Crippen molar-refractivity contribution in [3.8, 4) is 0 Å². The van der Waals surface area contributed by atoms with Crippen LogP contribution in [0.2, 0.25) is 0 Å². The maximum absolute atomic E-state index is 12.9. The quantitative estimate of drug-likeness (QED) is 0.424. The molecule has 1 aromatic carbocycles. The smallest absolute Gasteiger partial charge is 0.293 e. The van der Waals surface area contributed by atoms with Crippen LogP contribution in [0.5, 0.6) is 0 Å². The number of thioether (sulfide) groups is 1. The SMILES string of the molecule is Cc1nnc(SCc2c(C(=O)Nc3nnc(C(C)C)s3)oc3ccccc23)s1. The summed E-state index contributed by atoms with van der Waals surface area (Å²) in [6.07, 6.45) is 0. The zero-order valence-electron chi connectivity index (χ0n) is 15.4. The topological polar surface area (TPSA) is 93.8 Å². The Morgan fingerprint density at radius 1 is 1.18 bits per heavy atom. The fourth-order valence-corrected chi connectivity index (χ4v) is 5.15. The van der Waals surface area contributed by atoms with Crippen molar-refractivity contribution in [3.05, 3.63) is 45.6 Å². The number of hydrogen-bond acceptors (Lipinski definition) is 9. The summed E-state index contributed by atoms with van der Waals surface area (Å²) < 4.78 is 6.74. The number of carbonyl (C=O) groups excluding carboxylic acids is 1. The Hall–Kier alpha value is -2.30. The van der Waals surface area contributed by atoms with Crippen molar-refractivity contribution in [3.63, 3.8) is 0 Å². The fourth-order valence-electron chi connectivity index (χ4n) is 2.57. The second-order valence-electron chi connectivity index (χ2n) is 6.34. The molecule has 3 heterocycles. The molecular weight excluding hydrogens is 414 g/mol. The summed E-state index contributed by atoms with van der Waals surface area (Å²) in [7, 11) is 0. The summed E-state index contributed by atoms with van der Waals surface area (Å²) in [6.45, 7) is 5.99. The first-order valence-electron chi connectivity index (χ1n) is 8.59. The van der Waals surface area contributed by atoms with Gasteiger partial charge in [-0.05, 0) is 13.0 Å². The summed E-state index contributed by atoms with van der Waals surface area (Å²) >= 11 is 4.44. The predicted molar refractivity (Wildman–Crippen MR) is 112 cm³/mol. The number of hydrogen-bond donors (Lipinski definition) is 1. The lowest BCUT2D eigenvalue weighted by molar-refractivity contribution is 0.0997. The third kappa shape index (κ3) is 3.94. The van der Waals surface area contributed by atoms with Crippen molar-refractivity contribution < 1.29 is 9.21 Å².